The van der Waals surface area contributed by atoms with Crippen LogP contribution in [0.5, 0.6) is 0 Å². The van der Waals surface area contributed by atoms with Gasteiger partial charge in [-0.2, -0.15) is 0 Å². The first-order valence-corrected chi connectivity index (χ1v) is 5.46. The third-order valence-electron chi connectivity index (χ3n) is 2.52. The van der Waals surface area contributed by atoms with Gasteiger partial charge in [-0.15, -0.1) is 0 Å². The summed E-state index contributed by atoms with van der Waals surface area (Å²) in [6, 6.07) is 17.2. The molecule has 0 bridgehead atoms. The van der Waals surface area contributed by atoms with Gasteiger partial charge >= 0.3 is 0 Å². The number of hydrogen-bond donors (Lipinski definition) is 0. The number of carbonyl (C=O) groups is 1. The van der Waals surface area contributed by atoms with Crippen molar-refractivity contribution in [2.24, 2.45) is 0 Å². The van der Waals surface area contributed by atoms with Gasteiger partial charge in [0.05, 0.1) is 0 Å². The van der Waals surface area contributed by atoms with Crippen molar-refractivity contribution in [2.75, 3.05) is 4.90 Å². The van der Waals surface area contributed by atoms with E-state index in [-0.39, 0.29) is 5.91 Å². The van der Waals surface area contributed by atoms with E-state index in [1.807, 2.05) is 54.6 Å². The Balaban J connectivity index is 2.43. The van der Waals surface area contributed by atoms with Crippen molar-refractivity contribution in [1.29, 1.82) is 0 Å². The summed E-state index contributed by atoms with van der Waals surface area (Å²) in [6.45, 7) is 5.40. The number of hydrogen-bond acceptors (Lipinski definition) is 1. The molecule has 1 amide bonds. The first-order valence-electron chi connectivity index (χ1n) is 5.46. The summed E-state index contributed by atoms with van der Waals surface area (Å²) in [6.07, 6.45) is 0. The van der Waals surface area contributed by atoms with Crippen LogP contribution < -0.4 is 4.90 Å². The van der Waals surface area contributed by atoms with E-state index >= 15 is 0 Å². The molecule has 0 heterocycles. The van der Waals surface area contributed by atoms with Gasteiger partial charge in [-0.3, -0.25) is 9.69 Å². The maximum Gasteiger partial charge on any atom is 0.228 e. The summed E-state index contributed by atoms with van der Waals surface area (Å²) in [4.78, 5) is 13.4. The Labute approximate surface area is 102 Å². The molecule has 2 rings (SSSR count). The fraction of sp³-hybridized carbons (Fsp3) is 0.0667. The van der Waals surface area contributed by atoms with Gasteiger partial charge in [0.15, 0.2) is 0 Å². The van der Waals surface area contributed by atoms with Gasteiger partial charge in [-0.1, -0.05) is 30.3 Å². The zero-order valence-corrected chi connectivity index (χ0v) is 9.76. The molecule has 0 spiro atoms. The largest absolute Gasteiger partial charge is 0.281 e. The molecule has 0 aromatic heterocycles. The third-order valence-corrected chi connectivity index (χ3v) is 2.52. The fourth-order valence-electron chi connectivity index (χ4n) is 1.73. The molecule has 2 nitrogen and oxygen atoms in total. The summed E-state index contributed by atoms with van der Waals surface area (Å²) < 4.78 is 0. The Kier molecular flexibility index (Phi) is 3.24. The summed E-state index contributed by atoms with van der Waals surface area (Å²) in [5, 5.41) is 0. The smallest absolute Gasteiger partial charge is 0.228 e. The van der Waals surface area contributed by atoms with Crippen molar-refractivity contribution in [1.82, 2.24) is 0 Å². The molecule has 0 saturated carbocycles. The number of carbonyl (C=O) groups excluding carboxylic acids is 1. The van der Waals surface area contributed by atoms with Crippen LogP contribution in [0, 0.1) is 6.92 Å². The molecular formula is C15H14NO. The van der Waals surface area contributed by atoms with E-state index < -0.39 is 0 Å². The Hall–Kier alpha value is -2.09. The van der Waals surface area contributed by atoms with Crippen LogP contribution in [-0.4, -0.2) is 5.91 Å². The minimum Gasteiger partial charge on any atom is -0.281 e. The van der Waals surface area contributed by atoms with E-state index in [0.29, 0.717) is 0 Å². The van der Waals surface area contributed by atoms with Gasteiger partial charge in [0.25, 0.3) is 0 Å². The van der Waals surface area contributed by atoms with Crippen LogP contribution >= 0.6 is 0 Å². The van der Waals surface area contributed by atoms with E-state index in [2.05, 4.69) is 6.92 Å². The quantitative estimate of drug-likeness (QED) is 0.763. The molecule has 0 saturated heterocycles. The molecule has 2 aromatic rings. The molecule has 0 unspecified atom stereocenters. The normalized spacial score (nSPS) is 10.0. The van der Waals surface area contributed by atoms with Crippen LogP contribution in [0.25, 0.3) is 0 Å². The number of rotatable bonds is 2. The van der Waals surface area contributed by atoms with Crippen molar-refractivity contribution in [3.05, 3.63) is 67.1 Å². The van der Waals surface area contributed by atoms with Crippen LogP contribution in [0.4, 0.5) is 11.4 Å². The lowest BCUT2D eigenvalue weighted by Crippen LogP contribution is -2.22. The molecule has 0 fully saturated rings. The van der Waals surface area contributed by atoms with Gasteiger partial charge in [-0.25, -0.2) is 0 Å². The average Bonchev–Trinajstić information content (AvgIpc) is 2.33. The summed E-state index contributed by atoms with van der Waals surface area (Å²) >= 11 is 0. The van der Waals surface area contributed by atoms with Crippen molar-refractivity contribution in [2.45, 2.75) is 6.92 Å². The van der Waals surface area contributed by atoms with Gasteiger partial charge < -0.3 is 0 Å². The SMILES string of the molecule is [CH2]c1ccc(N(C(C)=O)c2ccccc2)cc1. The molecule has 1 radical (unpaired) electrons. The fourth-order valence-corrected chi connectivity index (χ4v) is 1.73. The van der Waals surface area contributed by atoms with E-state index in [1.165, 1.54) is 0 Å². The standard InChI is InChI=1S/C15H14NO/c1-12-8-10-15(11-9-12)16(13(2)17)14-6-4-3-5-7-14/h3-11H,1H2,2H3. The second kappa shape index (κ2) is 4.83. The minimum atomic E-state index is -0.00647. The van der Waals surface area contributed by atoms with Crippen molar-refractivity contribution in [3.8, 4) is 0 Å². The highest BCUT2D eigenvalue weighted by Gasteiger charge is 2.12. The first-order chi connectivity index (χ1) is 8.18. The lowest BCUT2D eigenvalue weighted by Gasteiger charge is -2.21. The predicted octanol–water partition coefficient (Wildman–Crippen LogP) is 3.55. The second-order valence-electron chi connectivity index (χ2n) is 3.86. The Morgan fingerprint density at radius 2 is 1.47 bits per heavy atom. The number of para-hydroxylation sites is 1. The molecule has 17 heavy (non-hydrogen) atoms. The van der Waals surface area contributed by atoms with Crippen molar-refractivity contribution < 1.29 is 4.79 Å². The highest BCUT2D eigenvalue weighted by Crippen LogP contribution is 2.25. The van der Waals surface area contributed by atoms with Gasteiger partial charge in [0, 0.05) is 18.3 Å². The zero-order valence-electron chi connectivity index (χ0n) is 9.76. The molecule has 2 aromatic carbocycles. The summed E-state index contributed by atoms with van der Waals surface area (Å²) in [5.74, 6) is -0.00647. The lowest BCUT2D eigenvalue weighted by atomic mass is 10.2. The van der Waals surface area contributed by atoms with Gasteiger partial charge in [0.1, 0.15) is 0 Å². The maximum absolute atomic E-state index is 11.7. The Bertz CT molecular complexity index is 502. The van der Waals surface area contributed by atoms with Crippen molar-refractivity contribution in [3.63, 3.8) is 0 Å². The van der Waals surface area contributed by atoms with Crippen LogP contribution in [0.1, 0.15) is 12.5 Å². The van der Waals surface area contributed by atoms with Crippen LogP contribution in [0.2, 0.25) is 0 Å². The highest BCUT2D eigenvalue weighted by molar-refractivity contribution is 5.98. The molecule has 85 valence electrons. The highest BCUT2D eigenvalue weighted by atomic mass is 16.2. The van der Waals surface area contributed by atoms with E-state index in [4.69, 9.17) is 0 Å². The number of anilines is 2. The molecule has 2 heteroatoms. The molecule has 0 aliphatic rings. The monoisotopic (exact) mass is 224 g/mol. The lowest BCUT2D eigenvalue weighted by molar-refractivity contribution is -0.115. The number of benzene rings is 2. The molecular weight excluding hydrogens is 210 g/mol. The van der Waals surface area contributed by atoms with Gasteiger partial charge in [-0.05, 0) is 36.8 Å². The molecule has 0 aliphatic carbocycles. The summed E-state index contributed by atoms with van der Waals surface area (Å²) in [7, 11) is 0. The topological polar surface area (TPSA) is 20.3 Å². The zero-order chi connectivity index (χ0) is 12.3. The molecule has 0 N–H and O–H groups in total. The van der Waals surface area contributed by atoms with Crippen LogP contribution in [0.15, 0.2) is 54.6 Å². The molecule has 0 atom stereocenters. The van der Waals surface area contributed by atoms with E-state index in [0.717, 1.165) is 16.9 Å². The van der Waals surface area contributed by atoms with E-state index in [1.54, 1.807) is 11.8 Å². The third kappa shape index (κ3) is 2.53. The number of nitrogens with zero attached hydrogens (tertiary/aromatic N) is 1. The van der Waals surface area contributed by atoms with Crippen molar-refractivity contribution >= 4 is 17.3 Å². The Morgan fingerprint density at radius 1 is 0.941 bits per heavy atom. The van der Waals surface area contributed by atoms with E-state index in [9.17, 15) is 4.79 Å². The average molecular weight is 224 g/mol. The maximum atomic E-state index is 11.7. The first kappa shape index (κ1) is 11.4. The second-order valence-corrected chi connectivity index (χ2v) is 3.86. The minimum absolute atomic E-state index is 0.00647. The van der Waals surface area contributed by atoms with Crippen LogP contribution in [-0.2, 0) is 4.79 Å². The predicted molar refractivity (Wildman–Crippen MR) is 70.2 cm³/mol. The molecule has 0 aliphatic heterocycles. The summed E-state index contributed by atoms with van der Waals surface area (Å²) in [5.41, 5.74) is 2.67. The Morgan fingerprint density at radius 3 is 2.00 bits per heavy atom. The van der Waals surface area contributed by atoms with Crippen LogP contribution in [0.3, 0.4) is 0 Å². The van der Waals surface area contributed by atoms with Gasteiger partial charge in [0.2, 0.25) is 5.91 Å². The number of amides is 1.